The third-order valence-electron chi connectivity index (χ3n) is 6.01. The Bertz CT molecular complexity index is 842. The van der Waals surface area contributed by atoms with E-state index in [-0.39, 0.29) is 22.7 Å². The van der Waals surface area contributed by atoms with Gasteiger partial charge in [0.25, 0.3) is 5.91 Å². The van der Waals surface area contributed by atoms with Gasteiger partial charge in [-0.1, -0.05) is 35.7 Å². The summed E-state index contributed by atoms with van der Waals surface area (Å²) < 4.78 is 10.5. The van der Waals surface area contributed by atoms with Gasteiger partial charge in [0, 0.05) is 0 Å². The first-order valence-electron chi connectivity index (χ1n) is 9.78. The minimum Gasteiger partial charge on any atom is -0.465 e. The number of nitrogens with one attached hydrogen (secondary N) is 1. The molecule has 2 aliphatic rings. The van der Waals surface area contributed by atoms with Crippen LogP contribution >= 0.6 is 23.2 Å². The highest BCUT2D eigenvalue weighted by molar-refractivity contribution is 6.40. The summed E-state index contributed by atoms with van der Waals surface area (Å²) in [6.45, 7) is 5.11. The van der Waals surface area contributed by atoms with E-state index in [0.29, 0.717) is 17.9 Å². The Morgan fingerprint density at radius 1 is 1.17 bits per heavy atom. The minimum atomic E-state index is -1.32. The number of rotatable bonds is 6. The summed E-state index contributed by atoms with van der Waals surface area (Å²) in [5, 5.41) is 3.21. The van der Waals surface area contributed by atoms with E-state index in [4.69, 9.17) is 32.7 Å². The molecule has 0 radical (unpaired) electrons. The van der Waals surface area contributed by atoms with Crippen LogP contribution in [-0.4, -0.2) is 30.6 Å². The number of carbonyl (C=O) groups is 3. The van der Waals surface area contributed by atoms with E-state index < -0.39 is 29.4 Å². The van der Waals surface area contributed by atoms with Gasteiger partial charge in [-0.25, -0.2) is 0 Å². The van der Waals surface area contributed by atoms with Gasteiger partial charge in [0.05, 0.1) is 22.3 Å². The summed E-state index contributed by atoms with van der Waals surface area (Å²) in [6.07, 6.45) is 2.82. The maximum Gasteiger partial charge on any atom is 0.324 e. The molecule has 1 aromatic rings. The van der Waals surface area contributed by atoms with E-state index in [1.54, 1.807) is 26.0 Å². The molecule has 0 aliphatic heterocycles. The van der Waals surface area contributed by atoms with Crippen molar-refractivity contribution >= 4 is 46.7 Å². The average molecular weight is 442 g/mol. The van der Waals surface area contributed by atoms with Crippen LogP contribution < -0.4 is 5.32 Å². The summed E-state index contributed by atoms with van der Waals surface area (Å²) in [5.41, 5.74) is -0.264. The van der Waals surface area contributed by atoms with Crippen LogP contribution in [0.2, 0.25) is 10.0 Å². The van der Waals surface area contributed by atoms with Crippen LogP contribution in [0.1, 0.15) is 51.5 Å². The minimum absolute atomic E-state index is 0.0416. The Morgan fingerprint density at radius 2 is 1.83 bits per heavy atom. The molecule has 0 heterocycles. The molecule has 8 heteroatoms. The molecule has 1 aromatic carbocycles. The maximum atomic E-state index is 12.9. The predicted molar refractivity (Wildman–Crippen MR) is 110 cm³/mol. The van der Waals surface area contributed by atoms with E-state index >= 15 is 0 Å². The molecule has 0 aromatic heterocycles. The number of hydrogen-bond donors (Lipinski definition) is 1. The molecule has 3 rings (SSSR count). The second-order valence-electron chi connectivity index (χ2n) is 8.10. The number of aryl methyl sites for hydroxylation is 1. The topological polar surface area (TPSA) is 81.7 Å². The second kappa shape index (κ2) is 8.15. The zero-order chi connectivity index (χ0) is 21.4. The number of anilines is 1. The Labute approximate surface area is 180 Å². The monoisotopic (exact) mass is 441 g/mol. The van der Waals surface area contributed by atoms with E-state index in [1.165, 1.54) is 6.92 Å². The normalized spacial score (nSPS) is 19.5. The van der Waals surface area contributed by atoms with Gasteiger partial charge in [0.1, 0.15) is 0 Å². The highest BCUT2D eigenvalue weighted by atomic mass is 35.5. The Morgan fingerprint density at radius 3 is 2.38 bits per heavy atom. The highest BCUT2D eigenvalue weighted by Gasteiger charge is 2.66. The largest absolute Gasteiger partial charge is 0.465 e. The number of amides is 1. The zero-order valence-electron chi connectivity index (χ0n) is 16.8. The molecule has 2 saturated carbocycles. The first-order valence-corrected chi connectivity index (χ1v) is 10.5. The second-order valence-corrected chi connectivity index (χ2v) is 8.88. The van der Waals surface area contributed by atoms with Crippen molar-refractivity contribution < 1.29 is 23.9 Å². The fourth-order valence-electron chi connectivity index (χ4n) is 4.22. The SMILES string of the molecule is CCOC(=O)C1(C(=O)OC(C)C(=O)Nc2c(Cl)ccc(C)c2Cl)CC2(CCC2)C1. The molecule has 2 aliphatic carbocycles. The third-order valence-corrected chi connectivity index (χ3v) is 6.81. The van der Waals surface area contributed by atoms with Gasteiger partial charge in [-0.2, -0.15) is 0 Å². The summed E-state index contributed by atoms with van der Waals surface area (Å²) in [7, 11) is 0. The van der Waals surface area contributed by atoms with Gasteiger partial charge in [0.15, 0.2) is 11.5 Å². The van der Waals surface area contributed by atoms with Gasteiger partial charge < -0.3 is 14.8 Å². The fourth-order valence-corrected chi connectivity index (χ4v) is 4.69. The van der Waals surface area contributed by atoms with Crippen LogP contribution in [0.25, 0.3) is 0 Å². The van der Waals surface area contributed by atoms with Crippen LogP contribution in [0.15, 0.2) is 12.1 Å². The smallest absolute Gasteiger partial charge is 0.324 e. The lowest BCUT2D eigenvalue weighted by Crippen LogP contribution is -2.60. The van der Waals surface area contributed by atoms with Crippen molar-refractivity contribution in [2.24, 2.45) is 10.8 Å². The van der Waals surface area contributed by atoms with Crippen molar-refractivity contribution in [3.05, 3.63) is 27.7 Å². The van der Waals surface area contributed by atoms with Crippen LogP contribution in [0, 0.1) is 17.8 Å². The zero-order valence-corrected chi connectivity index (χ0v) is 18.3. The van der Waals surface area contributed by atoms with Crippen LogP contribution in [0.4, 0.5) is 5.69 Å². The Balaban J connectivity index is 1.69. The lowest BCUT2D eigenvalue weighted by molar-refractivity contribution is -0.201. The molecule has 1 atom stereocenters. The summed E-state index contributed by atoms with van der Waals surface area (Å²) >= 11 is 12.3. The molecule has 1 spiro atoms. The molecule has 29 heavy (non-hydrogen) atoms. The first kappa shape index (κ1) is 21.9. The number of esters is 2. The Kier molecular flexibility index (Phi) is 6.16. The van der Waals surface area contributed by atoms with Crippen molar-refractivity contribution in [3.63, 3.8) is 0 Å². The molecule has 1 unspecified atom stereocenters. The summed E-state index contributed by atoms with van der Waals surface area (Å²) in [6, 6.07) is 3.36. The predicted octanol–water partition coefficient (Wildman–Crippen LogP) is 4.69. The van der Waals surface area contributed by atoms with Gasteiger partial charge in [0.2, 0.25) is 0 Å². The number of ether oxygens (including phenoxy) is 2. The maximum absolute atomic E-state index is 12.9. The van der Waals surface area contributed by atoms with Gasteiger partial charge >= 0.3 is 11.9 Å². The fraction of sp³-hybridized carbons (Fsp3) is 0.571. The van der Waals surface area contributed by atoms with E-state index in [0.717, 1.165) is 24.8 Å². The highest BCUT2D eigenvalue weighted by Crippen LogP contribution is 2.65. The van der Waals surface area contributed by atoms with Gasteiger partial charge in [-0.15, -0.1) is 0 Å². The molecule has 0 saturated heterocycles. The molecule has 6 nitrogen and oxygen atoms in total. The van der Waals surface area contributed by atoms with Gasteiger partial charge in [-0.05, 0) is 63.5 Å². The number of benzene rings is 1. The van der Waals surface area contributed by atoms with E-state index in [9.17, 15) is 14.4 Å². The van der Waals surface area contributed by atoms with E-state index in [2.05, 4.69) is 5.32 Å². The first-order chi connectivity index (χ1) is 13.6. The quantitative estimate of drug-likeness (QED) is 0.511. The molecule has 2 fully saturated rings. The number of carbonyl (C=O) groups excluding carboxylic acids is 3. The Hall–Kier alpha value is -1.79. The number of hydrogen-bond acceptors (Lipinski definition) is 5. The standard InChI is InChI=1S/C21H25Cl2NO5/c1-4-28-18(26)21(10-20(11-21)8-5-9-20)19(27)29-13(3)17(25)24-16-14(22)7-6-12(2)15(16)23/h6-7,13H,4-5,8-11H2,1-3H3,(H,24,25). The summed E-state index contributed by atoms with van der Waals surface area (Å²) in [4.78, 5) is 38.0. The summed E-state index contributed by atoms with van der Waals surface area (Å²) in [5.74, 6) is -1.86. The molecule has 158 valence electrons. The third kappa shape index (κ3) is 3.97. The molecular weight excluding hydrogens is 417 g/mol. The van der Waals surface area contributed by atoms with Crippen molar-refractivity contribution in [2.45, 2.75) is 59.0 Å². The lowest BCUT2D eigenvalue weighted by atomic mass is 9.45. The van der Waals surface area contributed by atoms with Crippen molar-refractivity contribution in [1.82, 2.24) is 0 Å². The average Bonchev–Trinajstić information content (AvgIpc) is 2.60. The van der Waals surface area contributed by atoms with Crippen LogP contribution in [-0.2, 0) is 23.9 Å². The van der Waals surface area contributed by atoms with Crippen LogP contribution in [0.5, 0.6) is 0 Å². The number of halogens is 2. The molecule has 0 bridgehead atoms. The molecule has 1 amide bonds. The van der Waals surface area contributed by atoms with Crippen molar-refractivity contribution in [2.75, 3.05) is 11.9 Å². The lowest BCUT2D eigenvalue weighted by Gasteiger charge is -2.57. The van der Waals surface area contributed by atoms with Crippen molar-refractivity contribution in [3.8, 4) is 0 Å². The van der Waals surface area contributed by atoms with E-state index in [1.807, 2.05) is 0 Å². The molecular formula is C21H25Cl2NO5. The molecule has 1 N–H and O–H groups in total. The van der Waals surface area contributed by atoms with Crippen molar-refractivity contribution in [1.29, 1.82) is 0 Å². The van der Waals surface area contributed by atoms with Crippen LogP contribution in [0.3, 0.4) is 0 Å². The van der Waals surface area contributed by atoms with Gasteiger partial charge in [-0.3, -0.25) is 14.4 Å².